The van der Waals surface area contributed by atoms with Crippen molar-refractivity contribution in [3.63, 3.8) is 0 Å². The van der Waals surface area contributed by atoms with Gasteiger partial charge in [-0.1, -0.05) is 12.1 Å². The summed E-state index contributed by atoms with van der Waals surface area (Å²) in [6.45, 7) is 0.842. The standard InChI is InChI=1S/C12H14O2/c13-12-5-3-10(4-6-12)7-8-14-9-11-1-2-11/h3-8,11,13H,1-2,9H2/b8-7+. The lowest BCUT2D eigenvalue weighted by atomic mass is 10.2. The van der Waals surface area contributed by atoms with Crippen LogP contribution in [0.1, 0.15) is 18.4 Å². The molecule has 1 fully saturated rings. The monoisotopic (exact) mass is 190 g/mol. The molecule has 0 aliphatic heterocycles. The van der Waals surface area contributed by atoms with Crippen molar-refractivity contribution in [3.05, 3.63) is 36.1 Å². The van der Waals surface area contributed by atoms with E-state index in [-0.39, 0.29) is 0 Å². The number of benzene rings is 1. The third-order valence-electron chi connectivity index (χ3n) is 2.28. The van der Waals surface area contributed by atoms with Crippen LogP contribution < -0.4 is 0 Å². The number of phenolic OH excluding ortho intramolecular Hbond substituents is 1. The predicted octanol–water partition coefficient (Wildman–Crippen LogP) is 2.79. The normalized spacial score (nSPS) is 16.0. The maximum atomic E-state index is 9.05. The Bertz CT molecular complexity index is 310. The lowest BCUT2D eigenvalue weighted by Crippen LogP contribution is -1.87. The van der Waals surface area contributed by atoms with Gasteiger partial charge in [0.1, 0.15) is 5.75 Å². The van der Waals surface area contributed by atoms with Crippen molar-refractivity contribution in [2.24, 2.45) is 5.92 Å². The quantitative estimate of drug-likeness (QED) is 0.740. The molecule has 0 amide bonds. The van der Waals surface area contributed by atoms with Crippen LogP contribution in [0.5, 0.6) is 5.75 Å². The lowest BCUT2D eigenvalue weighted by Gasteiger charge is -1.97. The molecule has 1 aromatic rings. The highest BCUT2D eigenvalue weighted by Gasteiger charge is 2.20. The summed E-state index contributed by atoms with van der Waals surface area (Å²) >= 11 is 0. The van der Waals surface area contributed by atoms with Gasteiger partial charge in [0.05, 0.1) is 12.9 Å². The summed E-state index contributed by atoms with van der Waals surface area (Å²) in [5.74, 6) is 1.08. The molecule has 1 aliphatic rings. The van der Waals surface area contributed by atoms with Crippen LogP contribution >= 0.6 is 0 Å². The first kappa shape index (κ1) is 9.13. The lowest BCUT2D eigenvalue weighted by molar-refractivity contribution is 0.237. The fourth-order valence-corrected chi connectivity index (χ4v) is 1.19. The number of hydrogen-bond donors (Lipinski definition) is 1. The van der Waals surface area contributed by atoms with Gasteiger partial charge in [-0.15, -0.1) is 0 Å². The summed E-state index contributed by atoms with van der Waals surface area (Å²) in [5.41, 5.74) is 1.04. The maximum absolute atomic E-state index is 9.05. The fraction of sp³-hybridized carbons (Fsp3) is 0.333. The van der Waals surface area contributed by atoms with Gasteiger partial charge < -0.3 is 9.84 Å². The van der Waals surface area contributed by atoms with E-state index in [0.717, 1.165) is 18.1 Å². The van der Waals surface area contributed by atoms with Crippen molar-refractivity contribution < 1.29 is 9.84 Å². The highest BCUT2D eigenvalue weighted by Crippen LogP contribution is 2.28. The average molecular weight is 190 g/mol. The molecule has 0 unspecified atom stereocenters. The van der Waals surface area contributed by atoms with Gasteiger partial charge in [0.15, 0.2) is 0 Å². The highest BCUT2D eigenvalue weighted by molar-refractivity contribution is 5.49. The van der Waals surface area contributed by atoms with Gasteiger partial charge in [0.25, 0.3) is 0 Å². The molecule has 14 heavy (non-hydrogen) atoms. The molecule has 0 bridgehead atoms. The van der Waals surface area contributed by atoms with E-state index in [4.69, 9.17) is 9.84 Å². The smallest absolute Gasteiger partial charge is 0.115 e. The zero-order valence-electron chi connectivity index (χ0n) is 8.02. The number of hydrogen-bond acceptors (Lipinski definition) is 2. The largest absolute Gasteiger partial charge is 0.508 e. The maximum Gasteiger partial charge on any atom is 0.115 e. The molecule has 2 rings (SSSR count). The average Bonchev–Trinajstić information content (AvgIpc) is 2.99. The van der Waals surface area contributed by atoms with E-state index in [9.17, 15) is 0 Å². The SMILES string of the molecule is Oc1ccc(/C=C/OCC2CC2)cc1. The summed E-state index contributed by atoms with van der Waals surface area (Å²) in [4.78, 5) is 0. The molecular weight excluding hydrogens is 176 g/mol. The first-order valence-electron chi connectivity index (χ1n) is 4.92. The Hall–Kier alpha value is -1.44. The van der Waals surface area contributed by atoms with Crippen LogP contribution in [0.3, 0.4) is 0 Å². The molecule has 0 spiro atoms. The third kappa shape index (κ3) is 2.80. The van der Waals surface area contributed by atoms with E-state index >= 15 is 0 Å². The number of ether oxygens (including phenoxy) is 1. The Morgan fingerprint density at radius 3 is 2.64 bits per heavy atom. The Kier molecular flexibility index (Phi) is 2.73. The molecule has 74 valence electrons. The Labute approximate surface area is 83.8 Å². The molecule has 1 saturated carbocycles. The second-order valence-electron chi connectivity index (χ2n) is 3.67. The van der Waals surface area contributed by atoms with E-state index in [1.54, 1.807) is 18.4 Å². The minimum atomic E-state index is 0.293. The van der Waals surface area contributed by atoms with Gasteiger partial charge in [-0.2, -0.15) is 0 Å². The molecule has 2 nitrogen and oxygen atoms in total. The van der Waals surface area contributed by atoms with Crippen molar-refractivity contribution in [1.82, 2.24) is 0 Å². The second kappa shape index (κ2) is 4.18. The molecule has 0 radical (unpaired) electrons. The van der Waals surface area contributed by atoms with E-state index in [2.05, 4.69) is 0 Å². The molecule has 1 N–H and O–H groups in total. The molecule has 0 atom stereocenters. The molecular formula is C12H14O2. The number of rotatable bonds is 4. The molecule has 0 saturated heterocycles. The molecule has 1 aromatic carbocycles. The van der Waals surface area contributed by atoms with E-state index in [0.29, 0.717) is 5.75 Å². The summed E-state index contributed by atoms with van der Waals surface area (Å²) in [6.07, 6.45) is 6.26. The summed E-state index contributed by atoms with van der Waals surface area (Å²) in [7, 11) is 0. The van der Waals surface area contributed by atoms with Crippen LogP contribution in [0.25, 0.3) is 6.08 Å². The Morgan fingerprint density at radius 2 is 2.00 bits per heavy atom. The first-order chi connectivity index (χ1) is 6.84. The van der Waals surface area contributed by atoms with Crippen LogP contribution in [-0.4, -0.2) is 11.7 Å². The van der Waals surface area contributed by atoms with Crippen molar-refractivity contribution in [3.8, 4) is 5.75 Å². The van der Waals surface area contributed by atoms with Crippen LogP contribution in [0.4, 0.5) is 0 Å². The van der Waals surface area contributed by atoms with Gasteiger partial charge >= 0.3 is 0 Å². The minimum absolute atomic E-state index is 0.293. The zero-order chi connectivity index (χ0) is 9.80. The minimum Gasteiger partial charge on any atom is -0.508 e. The second-order valence-corrected chi connectivity index (χ2v) is 3.67. The van der Waals surface area contributed by atoms with Gasteiger partial charge in [0.2, 0.25) is 0 Å². The van der Waals surface area contributed by atoms with Gasteiger partial charge in [-0.05, 0) is 42.5 Å². The van der Waals surface area contributed by atoms with E-state index in [1.807, 2.05) is 18.2 Å². The van der Waals surface area contributed by atoms with Gasteiger partial charge in [-0.25, -0.2) is 0 Å². The van der Waals surface area contributed by atoms with E-state index in [1.165, 1.54) is 12.8 Å². The summed E-state index contributed by atoms with van der Waals surface area (Å²) in [6, 6.07) is 7.04. The molecule has 2 heteroatoms. The predicted molar refractivity (Wildman–Crippen MR) is 55.8 cm³/mol. The number of phenols is 1. The van der Waals surface area contributed by atoms with Crippen molar-refractivity contribution in [2.45, 2.75) is 12.8 Å². The van der Waals surface area contributed by atoms with Crippen molar-refractivity contribution in [2.75, 3.05) is 6.61 Å². The van der Waals surface area contributed by atoms with Crippen LogP contribution in [0.15, 0.2) is 30.5 Å². The van der Waals surface area contributed by atoms with E-state index < -0.39 is 0 Å². The summed E-state index contributed by atoms with van der Waals surface area (Å²) in [5, 5.41) is 9.05. The van der Waals surface area contributed by atoms with Crippen LogP contribution in [0, 0.1) is 5.92 Å². The van der Waals surface area contributed by atoms with Gasteiger partial charge in [-0.3, -0.25) is 0 Å². The molecule has 0 heterocycles. The van der Waals surface area contributed by atoms with Gasteiger partial charge in [0, 0.05) is 0 Å². The van der Waals surface area contributed by atoms with Crippen LogP contribution in [-0.2, 0) is 4.74 Å². The number of aromatic hydroxyl groups is 1. The summed E-state index contributed by atoms with van der Waals surface area (Å²) < 4.78 is 5.35. The highest BCUT2D eigenvalue weighted by atomic mass is 16.5. The molecule has 1 aliphatic carbocycles. The first-order valence-corrected chi connectivity index (χ1v) is 4.92. The zero-order valence-corrected chi connectivity index (χ0v) is 8.02. The van der Waals surface area contributed by atoms with Crippen molar-refractivity contribution in [1.29, 1.82) is 0 Å². The molecule has 0 aromatic heterocycles. The Balaban J connectivity index is 1.80. The third-order valence-corrected chi connectivity index (χ3v) is 2.28. The fourth-order valence-electron chi connectivity index (χ4n) is 1.19. The topological polar surface area (TPSA) is 29.5 Å². The van der Waals surface area contributed by atoms with Crippen LogP contribution in [0.2, 0.25) is 0 Å². The van der Waals surface area contributed by atoms with Crippen molar-refractivity contribution >= 4 is 6.08 Å². The Morgan fingerprint density at radius 1 is 1.29 bits per heavy atom.